The van der Waals surface area contributed by atoms with Crippen molar-refractivity contribution in [3.8, 4) is 11.1 Å². The summed E-state index contributed by atoms with van der Waals surface area (Å²) in [6.45, 7) is 7.53. The van der Waals surface area contributed by atoms with Gasteiger partial charge in [0.15, 0.2) is 0 Å². The Morgan fingerprint density at radius 1 is 0.893 bits per heavy atom. The Balaban J connectivity index is 0.00000140. The molecule has 150 valence electrons. The molecule has 2 aliphatic carbocycles. The summed E-state index contributed by atoms with van der Waals surface area (Å²) < 4.78 is 3.55. The zero-order chi connectivity index (χ0) is 18.8. The van der Waals surface area contributed by atoms with E-state index < -0.39 is 22.1 Å². The van der Waals surface area contributed by atoms with E-state index in [9.17, 15) is 0 Å². The van der Waals surface area contributed by atoms with E-state index in [1.165, 1.54) is 23.1 Å². The maximum absolute atomic E-state index is 2.96. The summed E-state index contributed by atoms with van der Waals surface area (Å²) >= 11 is -2.96. The molecule has 0 unspecified atom stereocenters. The van der Waals surface area contributed by atoms with Crippen LogP contribution in [0.5, 0.6) is 0 Å². The van der Waals surface area contributed by atoms with Crippen molar-refractivity contribution in [2.45, 2.75) is 42.9 Å². The van der Waals surface area contributed by atoms with Crippen LogP contribution in [0.15, 0.2) is 63.7 Å². The van der Waals surface area contributed by atoms with Crippen molar-refractivity contribution in [1.82, 2.24) is 0 Å². The van der Waals surface area contributed by atoms with Gasteiger partial charge in [-0.25, -0.2) is 0 Å². The van der Waals surface area contributed by atoms with Gasteiger partial charge in [0.2, 0.25) is 0 Å². The fourth-order valence-corrected chi connectivity index (χ4v) is 19.6. The Morgan fingerprint density at radius 3 is 2.21 bits per heavy atom. The monoisotopic (exact) mass is 482 g/mol. The topological polar surface area (TPSA) is 0 Å². The fourth-order valence-electron chi connectivity index (χ4n) is 5.04. The van der Waals surface area contributed by atoms with Crippen LogP contribution in [0.25, 0.3) is 11.1 Å². The molecule has 0 bridgehead atoms. The standard InChI is InChI=1S/C13H9.C8H13Si.2CH3.2ClH.H2Si.Ti/c1-3-7-12-10(5-1)9-11-6-2-4-8-13(11)12;1-9(2,3)8-6-4-5-7-8;;;;;;/h1-5,7-8H,9H2;4,6H,5H2,1-3H3;2*1H3;2*1H;1H2;. The van der Waals surface area contributed by atoms with Crippen LogP contribution in [0.4, 0.5) is 0 Å². The average Bonchev–Trinajstić information content (AvgIpc) is 3.19. The van der Waals surface area contributed by atoms with Gasteiger partial charge in [0, 0.05) is 0 Å². The van der Waals surface area contributed by atoms with Gasteiger partial charge in [-0.15, -0.1) is 24.8 Å². The summed E-state index contributed by atoms with van der Waals surface area (Å²) in [4.78, 5) is 0. The molecule has 2 aromatic carbocycles. The number of halogens is 2. The molecule has 0 radical (unpaired) electrons. The third-order valence-electron chi connectivity index (χ3n) is 6.42. The molecule has 0 heterocycles. The predicted octanol–water partition coefficient (Wildman–Crippen LogP) is 6.15. The molecule has 0 nitrogen and oxygen atoms in total. The van der Waals surface area contributed by atoms with E-state index >= 15 is 0 Å². The van der Waals surface area contributed by atoms with Crippen LogP contribution in [0.2, 0.25) is 30.1 Å². The summed E-state index contributed by atoms with van der Waals surface area (Å²) in [6.07, 6.45) is 7.21. The largest absolute Gasteiger partial charge is 0.147 e. The molecule has 0 aliphatic heterocycles. The molecule has 2 aliphatic rings. The molecule has 0 saturated heterocycles. The smallest absolute Gasteiger partial charge is 0.147 e. The average molecular weight is 483 g/mol. The summed E-state index contributed by atoms with van der Waals surface area (Å²) in [5, 5.41) is 7.07. The first kappa shape index (κ1) is 23.9. The summed E-state index contributed by atoms with van der Waals surface area (Å²) in [5.74, 6) is 0. The van der Waals surface area contributed by atoms with Gasteiger partial charge in [0.1, 0.15) is 0 Å². The molecule has 0 fully saturated rings. The van der Waals surface area contributed by atoms with Crippen LogP contribution in [0.3, 0.4) is 0 Å². The van der Waals surface area contributed by atoms with E-state index in [0.29, 0.717) is 0 Å². The summed E-state index contributed by atoms with van der Waals surface area (Å²) in [7, 11) is 1.06. The minimum Gasteiger partial charge on any atom is -0.147 e. The first-order chi connectivity index (χ1) is 12.1. The van der Waals surface area contributed by atoms with Crippen LogP contribution < -0.4 is 3.87 Å². The predicted molar refractivity (Wildman–Crippen MR) is 133 cm³/mol. The normalized spacial score (nSPS) is 15.6. The molecule has 0 spiro atoms. The van der Waals surface area contributed by atoms with Crippen LogP contribution in [-0.4, -0.2) is 15.7 Å². The van der Waals surface area contributed by atoms with E-state index in [1.54, 1.807) is 14.6 Å². The first-order valence-corrected chi connectivity index (χ1v) is 22.0. The number of allylic oxidation sites excluding steroid dienone is 4. The SMILES string of the molecule is C[Si](C)(C)C1=[C]([Ti]([CH3])([CH3])(=[SiH2])[c]2cccc3c2Cc2ccccc2-3)CC=C1.Cl.Cl. The molecule has 4 rings (SSSR count). The zero-order valence-corrected chi connectivity index (χ0v) is 23.2. The molecule has 0 atom stereocenters. The van der Waals surface area contributed by atoms with Crippen molar-refractivity contribution in [3.05, 3.63) is 74.8 Å². The van der Waals surface area contributed by atoms with E-state index in [0.717, 1.165) is 6.42 Å². The number of rotatable bonds is 3. The third-order valence-corrected chi connectivity index (χ3v) is 19.4. The minimum atomic E-state index is -2.96. The first-order valence-electron chi connectivity index (χ1n) is 9.77. The third kappa shape index (κ3) is 3.73. The van der Waals surface area contributed by atoms with Gasteiger partial charge in [0.25, 0.3) is 0 Å². The molecule has 0 aromatic heterocycles. The Kier molecular flexibility index (Phi) is 6.60. The quantitative estimate of drug-likeness (QED) is 0.392. The van der Waals surface area contributed by atoms with Crippen molar-refractivity contribution >= 4 is 44.4 Å². The molecule has 2 aromatic rings. The number of hydrogen-bond acceptors (Lipinski definition) is 0. The van der Waals surface area contributed by atoms with Crippen LogP contribution in [-0.2, 0) is 20.5 Å². The van der Waals surface area contributed by atoms with Gasteiger partial charge in [-0.1, -0.05) is 0 Å². The Labute approximate surface area is 186 Å². The Bertz CT molecular complexity index is 1050. The molecule has 0 amide bonds. The van der Waals surface area contributed by atoms with Crippen LogP contribution in [0.1, 0.15) is 17.5 Å². The minimum absolute atomic E-state index is 0. The number of fused-ring (bicyclic) bond motifs is 3. The second-order valence-electron chi connectivity index (χ2n) is 10.1. The van der Waals surface area contributed by atoms with E-state index in [2.05, 4.69) is 92.3 Å². The molecule has 0 N–H and O–H groups in total. The second-order valence-corrected chi connectivity index (χ2v) is 34.1. The zero-order valence-electron chi connectivity index (χ0n) is 17.6. The van der Waals surface area contributed by atoms with Crippen molar-refractivity contribution in [1.29, 1.82) is 0 Å². The van der Waals surface area contributed by atoms with Crippen molar-refractivity contribution < 1.29 is 14.0 Å². The molecule has 5 heteroatoms. The summed E-state index contributed by atoms with van der Waals surface area (Å²) in [5.41, 5.74) is 6.08. The Hall–Kier alpha value is -0.352. The Morgan fingerprint density at radius 2 is 1.54 bits per heavy atom. The van der Waals surface area contributed by atoms with Crippen molar-refractivity contribution in [2.75, 3.05) is 0 Å². The summed E-state index contributed by atoms with van der Waals surface area (Å²) in [6, 6.07) is 16.1. The molecule has 28 heavy (non-hydrogen) atoms. The van der Waals surface area contributed by atoms with Gasteiger partial charge in [-0.2, -0.15) is 0 Å². The van der Waals surface area contributed by atoms with Gasteiger partial charge < -0.3 is 0 Å². The fraction of sp³-hybridized carbons (Fsp3) is 0.304. The van der Waals surface area contributed by atoms with Crippen LogP contribution in [0, 0.1) is 0 Å². The van der Waals surface area contributed by atoms with Crippen molar-refractivity contribution in [3.63, 3.8) is 0 Å². The molecular formula is C23H32Cl2Si2Ti. The maximum Gasteiger partial charge on any atom is -0.147 e. The second kappa shape index (κ2) is 7.72. The molecular weight excluding hydrogens is 451 g/mol. The van der Waals surface area contributed by atoms with E-state index in [1.807, 2.05) is 3.88 Å². The molecule has 0 saturated carbocycles. The number of hydrogen-bond donors (Lipinski definition) is 0. The number of benzene rings is 2. The maximum atomic E-state index is 2.66. The van der Waals surface area contributed by atoms with Gasteiger partial charge in [-0.3, -0.25) is 0 Å². The van der Waals surface area contributed by atoms with E-state index in [4.69, 9.17) is 0 Å². The van der Waals surface area contributed by atoms with Gasteiger partial charge >= 0.3 is 163 Å². The van der Waals surface area contributed by atoms with Crippen LogP contribution >= 0.6 is 24.8 Å². The van der Waals surface area contributed by atoms with E-state index in [-0.39, 0.29) is 24.8 Å². The van der Waals surface area contributed by atoms with Gasteiger partial charge in [0.05, 0.1) is 0 Å². The van der Waals surface area contributed by atoms with Gasteiger partial charge in [-0.05, 0) is 0 Å². The van der Waals surface area contributed by atoms with Crippen molar-refractivity contribution in [2.24, 2.45) is 0 Å².